The van der Waals surface area contributed by atoms with E-state index in [1.165, 1.54) is 0 Å². The van der Waals surface area contributed by atoms with Crippen molar-refractivity contribution in [3.05, 3.63) is 70.5 Å². The number of benzene rings is 2. The van der Waals surface area contributed by atoms with Gasteiger partial charge < -0.3 is 11.1 Å². The molecule has 2 aromatic carbocycles. The first-order valence-electron chi connectivity index (χ1n) is 7.09. The molecule has 0 fully saturated rings. The summed E-state index contributed by atoms with van der Waals surface area (Å²) in [5, 5.41) is 2.19. The van der Waals surface area contributed by atoms with Gasteiger partial charge in [-0.2, -0.15) is 0 Å². The maximum atomic E-state index is 13.6. The van der Waals surface area contributed by atoms with E-state index in [2.05, 4.69) is 5.32 Å². The van der Waals surface area contributed by atoms with Crippen LogP contribution in [-0.2, 0) is 11.2 Å². The highest BCUT2D eigenvalue weighted by Gasteiger charge is 2.24. The predicted octanol–water partition coefficient (Wildman–Crippen LogP) is 2.24. The molecule has 2 rings (SSSR count). The van der Waals surface area contributed by atoms with Crippen LogP contribution in [0.5, 0.6) is 0 Å². The van der Waals surface area contributed by atoms with Gasteiger partial charge in [0, 0.05) is 18.6 Å². The fourth-order valence-electron chi connectivity index (χ4n) is 2.27. The lowest BCUT2D eigenvalue weighted by molar-refractivity contribution is -0.119. The summed E-state index contributed by atoms with van der Waals surface area (Å²) in [5.74, 6) is -5.89. The molecule has 1 atom stereocenters. The average molecular weight is 336 g/mol. The highest BCUT2D eigenvalue weighted by Crippen LogP contribution is 2.16. The molecule has 0 radical (unpaired) electrons. The topological polar surface area (TPSA) is 72.2 Å². The second-order valence-electron chi connectivity index (χ2n) is 5.30. The van der Waals surface area contributed by atoms with Crippen molar-refractivity contribution in [3.8, 4) is 0 Å². The molecular formula is C17H15F3N2O2. The number of nitrogens with one attached hydrogen (secondary N) is 1. The molecule has 7 heteroatoms. The average Bonchev–Trinajstić information content (AvgIpc) is 2.47. The Labute approximate surface area is 136 Å². The number of amides is 2. The molecule has 3 N–H and O–H groups in total. The molecule has 0 bridgehead atoms. The molecule has 2 amide bonds. The minimum atomic E-state index is -1.36. The molecule has 4 nitrogen and oxygen atoms in total. The Bertz CT molecular complexity index is 770. The van der Waals surface area contributed by atoms with Crippen molar-refractivity contribution in [2.75, 3.05) is 0 Å². The van der Waals surface area contributed by atoms with Crippen molar-refractivity contribution in [3.63, 3.8) is 0 Å². The molecule has 0 aliphatic heterocycles. The Morgan fingerprint density at radius 2 is 1.71 bits per heavy atom. The molecule has 2 aromatic rings. The van der Waals surface area contributed by atoms with Gasteiger partial charge in [-0.3, -0.25) is 9.59 Å². The number of carbonyl (C=O) groups is 2. The zero-order chi connectivity index (χ0) is 17.9. The highest BCUT2D eigenvalue weighted by molar-refractivity contribution is 5.97. The van der Waals surface area contributed by atoms with E-state index in [1.54, 1.807) is 18.2 Å². The SMILES string of the molecule is Cc1ccccc1C[C@@H](NC(=O)c1c(F)cc(F)cc1F)C(N)=O. The summed E-state index contributed by atoms with van der Waals surface area (Å²) in [7, 11) is 0. The van der Waals surface area contributed by atoms with Crippen molar-refractivity contribution in [2.24, 2.45) is 5.73 Å². The fraction of sp³-hybridized carbons (Fsp3) is 0.176. The summed E-state index contributed by atoms with van der Waals surface area (Å²) in [5.41, 5.74) is 5.92. The van der Waals surface area contributed by atoms with Crippen LogP contribution in [0.4, 0.5) is 13.2 Å². The quantitative estimate of drug-likeness (QED) is 0.879. The fourth-order valence-corrected chi connectivity index (χ4v) is 2.27. The Morgan fingerprint density at radius 1 is 1.12 bits per heavy atom. The first kappa shape index (κ1) is 17.5. The van der Waals surface area contributed by atoms with Crippen LogP contribution in [0.25, 0.3) is 0 Å². The smallest absolute Gasteiger partial charge is 0.257 e. The van der Waals surface area contributed by atoms with Crippen LogP contribution in [0.15, 0.2) is 36.4 Å². The van der Waals surface area contributed by atoms with Gasteiger partial charge in [0.15, 0.2) is 0 Å². The van der Waals surface area contributed by atoms with E-state index in [0.717, 1.165) is 11.1 Å². The first-order chi connectivity index (χ1) is 11.3. The Hall–Kier alpha value is -2.83. The third-order valence-electron chi connectivity index (χ3n) is 3.57. The van der Waals surface area contributed by atoms with E-state index in [0.29, 0.717) is 12.1 Å². The van der Waals surface area contributed by atoms with Crippen LogP contribution in [0.1, 0.15) is 21.5 Å². The van der Waals surface area contributed by atoms with Crippen LogP contribution in [0.2, 0.25) is 0 Å². The normalized spacial score (nSPS) is 11.8. The Balaban J connectivity index is 2.24. The van der Waals surface area contributed by atoms with Gasteiger partial charge in [0.05, 0.1) is 0 Å². The number of carbonyl (C=O) groups excluding carboxylic acids is 2. The van der Waals surface area contributed by atoms with Gasteiger partial charge in [-0.1, -0.05) is 24.3 Å². The summed E-state index contributed by atoms with van der Waals surface area (Å²) in [6, 6.07) is 6.73. The van der Waals surface area contributed by atoms with Gasteiger partial charge in [-0.15, -0.1) is 0 Å². The molecule has 126 valence electrons. The van der Waals surface area contributed by atoms with Crippen molar-refractivity contribution in [1.82, 2.24) is 5.32 Å². The first-order valence-corrected chi connectivity index (χ1v) is 7.09. The van der Waals surface area contributed by atoms with Crippen LogP contribution in [0, 0.1) is 24.4 Å². The number of rotatable bonds is 5. The second-order valence-corrected chi connectivity index (χ2v) is 5.30. The summed E-state index contributed by atoms with van der Waals surface area (Å²) in [4.78, 5) is 23.6. The van der Waals surface area contributed by atoms with Gasteiger partial charge in [0.2, 0.25) is 5.91 Å². The minimum Gasteiger partial charge on any atom is -0.368 e. The molecule has 0 heterocycles. The number of aryl methyl sites for hydroxylation is 1. The molecule has 0 saturated carbocycles. The van der Waals surface area contributed by atoms with Gasteiger partial charge >= 0.3 is 0 Å². The molecule has 0 aromatic heterocycles. The van der Waals surface area contributed by atoms with Crippen molar-refractivity contribution < 1.29 is 22.8 Å². The van der Waals surface area contributed by atoms with Crippen molar-refractivity contribution in [1.29, 1.82) is 0 Å². The Morgan fingerprint density at radius 3 is 2.25 bits per heavy atom. The number of hydrogen-bond donors (Lipinski definition) is 2. The number of halogens is 3. The van der Waals surface area contributed by atoms with Gasteiger partial charge in [0.1, 0.15) is 29.1 Å². The van der Waals surface area contributed by atoms with Gasteiger partial charge in [-0.25, -0.2) is 13.2 Å². The highest BCUT2D eigenvalue weighted by atomic mass is 19.1. The molecule has 0 aliphatic carbocycles. The van der Waals surface area contributed by atoms with Crippen LogP contribution in [-0.4, -0.2) is 17.9 Å². The zero-order valence-electron chi connectivity index (χ0n) is 12.8. The summed E-state index contributed by atoms with van der Waals surface area (Å²) in [6.07, 6.45) is 0.0676. The van der Waals surface area contributed by atoms with Crippen molar-refractivity contribution in [2.45, 2.75) is 19.4 Å². The van der Waals surface area contributed by atoms with Crippen LogP contribution < -0.4 is 11.1 Å². The molecular weight excluding hydrogens is 321 g/mol. The van der Waals surface area contributed by atoms with Crippen LogP contribution in [0.3, 0.4) is 0 Å². The minimum absolute atomic E-state index is 0.0676. The summed E-state index contributed by atoms with van der Waals surface area (Å²) >= 11 is 0. The largest absolute Gasteiger partial charge is 0.368 e. The number of nitrogens with two attached hydrogens (primary N) is 1. The van der Waals surface area contributed by atoms with Crippen molar-refractivity contribution >= 4 is 11.8 Å². The van der Waals surface area contributed by atoms with Gasteiger partial charge in [0.25, 0.3) is 5.91 Å². The molecule has 0 saturated heterocycles. The monoisotopic (exact) mass is 336 g/mol. The van der Waals surface area contributed by atoms with E-state index in [-0.39, 0.29) is 6.42 Å². The van der Waals surface area contributed by atoms with Crippen LogP contribution >= 0.6 is 0 Å². The summed E-state index contributed by atoms with van der Waals surface area (Å²) in [6.45, 7) is 1.81. The number of primary amides is 1. The lowest BCUT2D eigenvalue weighted by atomic mass is 10.0. The van der Waals surface area contributed by atoms with E-state index in [9.17, 15) is 22.8 Å². The third-order valence-corrected chi connectivity index (χ3v) is 3.57. The number of hydrogen-bond acceptors (Lipinski definition) is 2. The maximum absolute atomic E-state index is 13.6. The maximum Gasteiger partial charge on any atom is 0.257 e. The van der Waals surface area contributed by atoms with Gasteiger partial charge in [-0.05, 0) is 18.1 Å². The predicted molar refractivity (Wildman–Crippen MR) is 81.6 cm³/mol. The summed E-state index contributed by atoms with van der Waals surface area (Å²) < 4.78 is 40.2. The van der Waals surface area contributed by atoms with E-state index < -0.39 is 40.9 Å². The third kappa shape index (κ3) is 3.92. The Kier molecular flexibility index (Phi) is 5.23. The standard InChI is InChI=1S/C17H15F3N2O2/c1-9-4-2-3-5-10(9)6-14(16(21)23)22-17(24)15-12(19)7-11(18)8-13(15)20/h2-5,7-8,14H,6H2,1H3,(H2,21,23)(H,22,24)/t14-/m1/s1. The lowest BCUT2D eigenvalue weighted by Gasteiger charge is -2.17. The van der Waals surface area contributed by atoms with E-state index in [4.69, 9.17) is 5.73 Å². The molecule has 0 aliphatic rings. The van der Waals surface area contributed by atoms with E-state index >= 15 is 0 Å². The second kappa shape index (κ2) is 7.16. The zero-order valence-corrected chi connectivity index (χ0v) is 12.8. The molecule has 0 unspecified atom stereocenters. The molecule has 0 spiro atoms. The molecule has 24 heavy (non-hydrogen) atoms. The lowest BCUT2D eigenvalue weighted by Crippen LogP contribution is -2.46. The van der Waals surface area contributed by atoms with E-state index in [1.807, 2.05) is 13.0 Å².